The van der Waals surface area contributed by atoms with E-state index in [1.54, 1.807) is 5.38 Å². The largest absolute Gasteiger partial charge is 0.478 e. The summed E-state index contributed by atoms with van der Waals surface area (Å²) in [5.41, 5.74) is 6.20. The summed E-state index contributed by atoms with van der Waals surface area (Å²) in [5.74, 6) is -2.65. The number of nitrogens with two attached hydrogens (primary N) is 1. The van der Waals surface area contributed by atoms with Crippen molar-refractivity contribution in [2.45, 2.75) is 31.9 Å². The van der Waals surface area contributed by atoms with E-state index in [0.717, 1.165) is 31.2 Å². The number of guanidine groups is 2. The average molecular weight is 560 g/mol. The molecular weight excluding hydrogens is 531 g/mol. The number of anilines is 1. The third-order valence-electron chi connectivity index (χ3n) is 3.49. The first-order chi connectivity index (χ1) is 16.6. The topological polar surface area (TPSA) is 208 Å². The number of hydrogen-bond acceptors (Lipinski definition) is 8. The number of nitrogens with one attached hydrogen (secondary N) is 3. The lowest BCUT2D eigenvalue weighted by Gasteiger charge is -2.09. The summed E-state index contributed by atoms with van der Waals surface area (Å²) in [5, 5.41) is 23.3. The number of unbranched alkanes of at least 4 members (excludes halogenated alkanes) is 2. The first-order valence-corrected chi connectivity index (χ1v) is 12.8. The van der Waals surface area contributed by atoms with Gasteiger partial charge in [-0.3, -0.25) is 9.71 Å². The van der Waals surface area contributed by atoms with Crippen LogP contribution < -0.4 is 21.1 Å². The van der Waals surface area contributed by atoms with Crippen LogP contribution >= 0.6 is 11.3 Å². The van der Waals surface area contributed by atoms with Crippen molar-refractivity contribution in [2.75, 3.05) is 31.7 Å². The molecule has 0 atom stereocenters. The number of carboxylic acids is 2. The fourth-order valence-electron chi connectivity index (χ4n) is 2.10. The first-order valence-electron chi connectivity index (χ1n) is 10.0. The maximum Gasteiger partial charge on any atom is 0.408 e. The summed E-state index contributed by atoms with van der Waals surface area (Å²) in [4.78, 5) is 30.4. The molecule has 36 heavy (non-hydrogen) atoms. The Hall–Kier alpha value is -3.41. The average Bonchev–Trinajstić information content (AvgIpc) is 3.18. The van der Waals surface area contributed by atoms with Crippen molar-refractivity contribution in [2.24, 2.45) is 15.7 Å². The number of aryl methyl sites for hydroxylation is 1. The molecule has 0 bridgehead atoms. The van der Waals surface area contributed by atoms with Gasteiger partial charge >= 0.3 is 18.1 Å². The Balaban J connectivity index is 0.00000131. The third kappa shape index (κ3) is 20.0. The van der Waals surface area contributed by atoms with E-state index in [-0.39, 0.29) is 11.9 Å². The zero-order chi connectivity index (χ0) is 27.8. The van der Waals surface area contributed by atoms with Crippen LogP contribution in [0.4, 0.5) is 18.3 Å². The van der Waals surface area contributed by atoms with Gasteiger partial charge < -0.3 is 26.6 Å². The summed E-state index contributed by atoms with van der Waals surface area (Å²) < 4.78 is 60.8. The fraction of sp³-hybridized carbons (Fsp3) is 0.500. The highest BCUT2D eigenvalue weighted by atomic mass is 32.2. The molecule has 0 aliphatic carbocycles. The second-order valence-electron chi connectivity index (χ2n) is 6.78. The number of carboxylic acid groups (broad SMARTS) is 2. The number of rotatable bonds is 11. The number of sulfonamides is 1. The van der Waals surface area contributed by atoms with Gasteiger partial charge in [-0.2, -0.15) is 13.2 Å². The molecule has 7 N–H and O–H groups in total. The van der Waals surface area contributed by atoms with Crippen LogP contribution in [-0.4, -0.2) is 80.0 Å². The molecule has 1 aromatic rings. The van der Waals surface area contributed by atoms with Crippen LogP contribution in [0.5, 0.6) is 0 Å². The van der Waals surface area contributed by atoms with Crippen LogP contribution in [0.1, 0.15) is 25.0 Å². The van der Waals surface area contributed by atoms with Crippen LogP contribution in [0.3, 0.4) is 0 Å². The Morgan fingerprint density at radius 1 is 1.19 bits per heavy atom. The minimum Gasteiger partial charge on any atom is -0.478 e. The molecule has 0 aliphatic heterocycles. The van der Waals surface area contributed by atoms with E-state index < -0.39 is 34.7 Å². The minimum atomic E-state index is -4.40. The molecule has 1 heterocycles. The van der Waals surface area contributed by atoms with Gasteiger partial charge in [0, 0.05) is 31.1 Å². The third-order valence-corrected chi connectivity index (χ3v) is 4.86. The Labute approximate surface area is 209 Å². The lowest BCUT2D eigenvalue weighted by molar-refractivity contribution is -0.134. The van der Waals surface area contributed by atoms with E-state index in [0.29, 0.717) is 30.2 Å². The molecule has 0 radical (unpaired) electrons. The van der Waals surface area contributed by atoms with E-state index in [4.69, 9.17) is 15.9 Å². The second kappa shape index (κ2) is 16.3. The van der Waals surface area contributed by atoms with E-state index >= 15 is 0 Å². The molecule has 13 nitrogen and oxygen atoms in total. The van der Waals surface area contributed by atoms with Gasteiger partial charge in [0.1, 0.15) is 6.54 Å². The number of nitrogens with zero attached hydrogens (tertiary/aromatic N) is 3. The van der Waals surface area contributed by atoms with Crippen molar-refractivity contribution in [3.05, 3.63) is 23.2 Å². The molecule has 1 aromatic heterocycles. The molecule has 0 aromatic carbocycles. The monoisotopic (exact) mass is 559 g/mol. The zero-order valence-electron chi connectivity index (χ0n) is 19.4. The van der Waals surface area contributed by atoms with E-state index in [2.05, 4.69) is 30.3 Å². The SMILES string of the molecule is C/N=C(\NCCCCCc1csc(N/C(N)=N\CC(F)(F)F)n1)NS(C)(=O)=O.O=C(O)/C=C\C(=O)O. The number of aromatic nitrogens is 1. The van der Waals surface area contributed by atoms with E-state index in [9.17, 15) is 31.2 Å². The minimum absolute atomic E-state index is 0.197. The van der Waals surface area contributed by atoms with E-state index in [1.165, 1.54) is 18.4 Å². The molecule has 204 valence electrons. The molecule has 0 spiro atoms. The first kappa shape index (κ1) is 32.6. The lowest BCUT2D eigenvalue weighted by Crippen LogP contribution is -2.40. The van der Waals surface area contributed by atoms with E-state index in [1.807, 2.05) is 0 Å². The van der Waals surface area contributed by atoms with Crippen molar-refractivity contribution in [1.82, 2.24) is 15.0 Å². The van der Waals surface area contributed by atoms with Crippen LogP contribution in [0.2, 0.25) is 0 Å². The molecule has 0 unspecified atom stereocenters. The van der Waals surface area contributed by atoms with Crippen molar-refractivity contribution < 1.29 is 41.4 Å². The molecule has 0 fully saturated rings. The van der Waals surface area contributed by atoms with Gasteiger partial charge in [0.25, 0.3) is 0 Å². The number of aliphatic imine (C=N–C) groups is 2. The van der Waals surface area contributed by atoms with Crippen molar-refractivity contribution in [3.63, 3.8) is 0 Å². The lowest BCUT2D eigenvalue weighted by atomic mass is 10.1. The summed E-state index contributed by atoms with van der Waals surface area (Å²) >= 11 is 1.23. The van der Waals surface area contributed by atoms with Gasteiger partial charge in [0.2, 0.25) is 16.0 Å². The number of aliphatic carboxylic acids is 2. The van der Waals surface area contributed by atoms with Crippen LogP contribution in [0.25, 0.3) is 0 Å². The predicted molar refractivity (Wildman–Crippen MR) is 130 cm³/mol. The van der Waals surface area contributed by atoms with Gasteiger partial charge in [-0.25, -0.2) is 28.0 Å². The molecule has 0 amide bonds. The highest BCUT2D eigenvalue weighted by molar-refractivity contribution is 7.89. The Morgan fingerprint density at radius 2 is 1.81 bits per heavy atom. The summed E-state index contributed by atoms with van der Waals surface area (Å²) in [6, 6.07) is 0. The summed E-state index contributed by atoms with van der Waals surface area (Å²) in [7, 11) is -1.88. The van der Waals surface area contributed by atoms with Crippen molar-refractivity contribution in [3.8, 4) is 0 Å². The van der Waals surface area contributed by atoms with Gasteiger partial charge in [0.05, 0.1) is 11.9 Å². The zero-order valence-corrected chi connectivity index (χ0v) is 21.0. The summed E-state index contributed by atoms with van der Waals surface area (Å²) in [6.07, 6.45) is 0.987. The van der Waals surface area contributed by atoms with Gasteiger partial charge in [-0.1, -0.05) is 6.42 Å². The highest BCUT2D eigenvalue weighted by Crippen LogP contribution is 2.18. The summed E-state index contributed by atoms with van der Waals surface area (Å²) in [6.45, 7) is -0.784. The number of hydrogen-bond donors (Lipinski definition) is 6. The standard InChI is InChI=1S/C14H24F3N7O2S2.C4H4O4/c1-19-12(24-28(2,25)26)20-7-5-3-4-6-10-8-27-13(22-10)23-11(18)21-9-14(15,16)17;5-3(6)1-2-4(7)8/h8H,3-7,9H2,1-2H3,(H2,19,20,24)(H3,18,21,22,23);1-2H,(H,5,6)(H,7,8)/b;2-1-. The maximum absolute atomic E-state index is 12.1. The maximum atomic E-state index is 12.1. The Kier molecular flexibility index (Phi) is 14.8. The van der Waals surface area contributed by atoms with Gasteiger partial charge in [0.15, 0.2) is 11.1 Å². The molecule has 0 saturated heterocycles. The number of carbonyl (C=O) groups is 2. The number of thiazole rings is 1. The molecule has 0 saturated carbocycles. The van der Waals surface area contributed by atoms with Crippen molar-refractivity contribution >= 4 is 50.3 Å². The molecule has 0 aliphatic rings. The Bertz CT molecular complexity index is 1020. The molecule has 18 heteroatoms. The van der Waals surface area contributed by atoms with Crippen LogP contribution in [0.15, 0.2) is 27.5 Å². The smallest absolute Gasteiger partial charge is 0.408 e. The second-order valence-corrected chi connectivity index (χ2v) is 9.39. The normalized spacial score (nSPS) is 12.6. The fourth-order valence-corrected chi connectivity index (χ4v) is 3.36. The quantitative estimate of drug-likeness (QED) is 0.0980. The van der Waals surface area contributed by atoms with Crippen molar-refractivity contribution in [1.29, 1.82) is 0 Å². The molecular formula is C18H28F3N7O6S2. The number of halogens is 3. The van der Waals surface area contributed by atoms with Gasteiger partial charge in [-0.05, 0) is 19.3 Å². The molecule has 1 rings (SSSR count). The van der Waals surface area contributed by atoms with Gasteiger partial charge in [-0.15, -0.1) is 11.3 Å². The van der Waals surface area contributed by atoms with Crippen LogP contribution in [0, 0.1) is 0 Å². The Morgan fingerprint density at radius 3 is 2.31 bits per heavy atom. The predicted octanol–water partition coefficient (Wildman–Crippen LogP) is 0.981. The van der Waals surface area contributed by atoms with Crippen LogP contribution in [-0.2, 0) is 26.0 Å². The highest BCUT2D eigenvalue weighted by Gasteiger charge is 2.26. The number of alkyl halides is 3.